The summed E-state index contributed by atoms with van der Waals surface area (Å²) in [6.45, 7) is 3.81. The van der Waals surface area contributed by atoms with Gasteiger partial charge in [0.05, 0.1) is 0 Å². The molecule has 9 heteroatoms. The molecular weight excluding hydrogens is 450 g/mol. The fraction of sp³-hybridized carbons (Fsp3) is 0.478. The third-order valence-electron chi connectivity index (χ3n) is 6.47. The van der Waals surface area contributed by atoms with E-state index in [0.29, 0.717) is 10.9 Å². The predicted octanol–water partition coefficient (Wildman–Crippen LogP) is 5.59. The van der Waals surface area contributed by atoms with Crippen LogP contribution in [0.2, 0.25) is 5.02 Å². The Labute approximate surface area is 191 Å². The molecule has 2 fully saturated rings. The van der Waals surface area contributed by atoms with Crippen LogP contribution in [0.3, 0.4) is 0 Å². The number of furan rings is 1. The number of amides is 1. The van der Waals surface area contributed by atoms with Crippen LogP contribution in [0, 0.1) is 16.1 Å². The van der Waals surface area contributed by atoms with Crippen molar-refractivity contribution in [1.29, 1.82) is 4.78 Å². The first-order valence-corrected chi connectivity index (χ1v) is 13.0. The number of nitrogens with one attached hydrogen (secondary N) is 2. The lowest BCUT2D eigenvalue weighted by molar-refractivity contribution is -0.0256. The first kappa shape index (κ1) is 21.5. The second kappa shape index (κ2) is 7.63. The van der Waals surface area contributed by atoms with Gasteiger partial charge in [-0.15, -0.1) is 0 Å². The summed E-state index contributed by atoms with van der Waals surface area (Å²) >= 11 is 6.03. The minimum Gasteiger partial charge on any atom is -0.441 e. The average molecular weight is 476 g/mol. The van der Waals surface area contributed by atoms with E-state index >= 15 is 0 Å². The molecule has 3 aromatic rings. The number of fused-ring (bicyclic) bond motifs is 1. The van der Waals surface area contributed by atoms with Gasteiger partial charge in [0.15, 0.2) is 22.3 Å². The molecule has 1 aromatic carbocycles. The third kappa shape index (κ3) is 3.94. The van der Waals surface area contributed by atoms with Crippen molar-refractivity contribution in [3.05, 3.63) is 47.0 Å². The number of hydrogen-bond donors (Lipinski definition) is 2. The lowest BCUT2D eigenvalue weighted by Crippen LogP contribution is -2.55. The molecule has 1 atom stereocenters. The first-order valence-electron chi connectivity index (χ1n) is 10.9. The van der Waals surface area contributed by atoms with Gasteiger partial charge in [0.25, 0.3) is 5.91 Å². The van der Waals surface area contributed by atoms with E-state index in [1.165, 1.54) is 12.1 Å². The zero-order chi connectivity index (χ0) is 22.7. The van der Waals surface area contributed by atoms with Crippen molar-refractivity contribution in [2.45, 2.75) is 56.6 Å². The fourth-order valence-corrected chi connectivity index (χ4v) is 6.88. The summed E-state index contributed by atoms with van der Waals surface area (Å²) in [6, 6.07) is 8.55. The summed E-state index contributed by atoms with van der Waals surface area (Å²) in [5.41, 5.74) is 1.78. The van der Waals surface area contributed by atoms with Crippen molar-refractivity contribution >= 4 is 38.3 Å². The predicted molar refractivity (Wildman–Crippen MR) is 121 cm³/mol. The number of aromatic nitrogens is 1. The molecule has 2 N–H and O–H groups in total. The molecule has 2 aliphatic carbocycles. The van der Waals surface area contributed by atoms with Crippen LogP contribution < -0.4 is 5.32 Å². The molecule has 1 unspecified atom stereocenters. The lowest BCUT2D eigenvalue weighted by Gasteiger charge is -2.57. The normalized spacial score (nSPS) is 26.6. The van der Waals surface area contributed by atoms with E-state index < -0.39 is 9.73 Å². The van der Waals surface area contributed by atoms with E-state index in [9.17, 15) is 9.00 Å². The maximum atomic E-state index is 12.5. The smallest absolute Gasteiger partial charge is 0.287 e. The number of oxazole rings is 1. The zero-order valence-electron chi connectivity index (χ0n) is 18.0. The van der Waals surface area contributed by atoms with E-state index in [1.807, 2.05) is 26.0 Å². The van der Waals surface area contributed by atoms with Gasteiger partial charge in [-0.1, -0.05) is 25.4 Å². The molecule has 2 aliphatic rings. The molecule has 1 spiro atoms. The minimum absolute atomic E-state index is 0.0721. The van der Waals surface area contributed by atoms with Crippen LogP contribution in [0.5, 0.6) is 0 Å². The molecule has 32 heavy (non-hydrogen) atoms. The Hall–Kier alpha value is -2.32. The number of hydrogen-bond acceptors (Lipinski definition) is 6. The molecule has 1 amide bonds. The topological polar surface area (TPSA) is 109 Å². The van der Waals surface area contributed by atoms with Crippen LogP contribution in [0.25, 0.3) is 11.1 Å². The summed E-state index contributed by atoms with van der Waals surface area (Å²) in [7, 11) is -3.02. The molecule has 7 nitrogen and oxygen atoms in total. The van der Waals surface area contributed by atoms with Crippen molar-refractivity contribution in [3.8, 4) is 0 Å². The van der Waals surface area contributed by atoms with Gasteiger partial charge in [-0.2, -0.15) is 0 Å². The van der Waals surface area contributed by atoms with Gasteiger partial charge in [0.2, 0.25) is 0 Å². The van der Waals surface area contributed by atoms with Gasteiger partial charge in [0, 0.05) is 22.7 Å². The van der Waals surface area contributed by atoms with Crippen molar-refractivity contribution in [2.24, 2.45) is 11.3 Å². The van der Waals surface area contributed by atoms with Crippen LogP contribution in [-0.4, -0.2) is 26.9 Å². The van der Waals surface area contributed by atoms with Gasteiger partial charge in [-0.05, 0) is 67.3 Å². The molecular formula is C23H26ClN3O4S. The van der Waals surface area contributed by atoms with Crippen LogP contribution in [0.1, 0.15) is 61.9 Å². The highest BCUT2D eigenvalue weighted by molar-refractivity contribution is 7.92. The Morgan fingerprint density at radius 1 is 1.25 bits per heavy atom. The number of rotatable bonds is 6. The summed E-state index contributed by atoms with van der Waals surface area (Å²) in [5, 5.41) is 3.72. The number of halogens is 1. The van der Waals surface area contributed by atoms with Crippen molar-refractivity contribution in [2.75, 3.05) is 5.75 Å². The maximum Gasteiger partial charge on any atom is 0.287 e. The van der Waals surface area contributed by atoms with Gasteiger partial charge in [-0.3, -0.25) is 4.79 Å². The zero-order valence-corrected chi connectivity index (χ0v) is 19.6. The van der Waals surface area contributed by atoms with Crippen molar-refractivity contribution < 1.29 is 17.8 Å². The molecule has 0 bridgehead atoms. The van der Waals surface area contributed by atoms with Gasteiger partial charge in [0.1, 0.15) is 15.2 Å². The highest BCUT2D eigenvalue weighted by atomic mass is 35.5. The van der Waals surface area contributed by atoms with Crippen molar-refractivity contribution in [1.82, 2.24) is 10.3 Å². The second-order valence-electron chi connectivity index (χ2n) is 9.70. The van der Waals surface area contributed by atoms with E-state index in [2.05, 4.69) is 10.3 Å². The standard InChI is InChI=1S/C23H26ClN3O4S/c1-13(2)12-32(25,29)20-6-5-19(30-20)21(28)26-16-10-23(11-16)8-14(9-23)22-27-17-7-15(24)3-4-18(17)31-22/h3-7,13-14,16,25H,8-12H2,1-2H3,(H,26,28). The van der Waals surface area contributed by atoms with Gasteiger partial charge >= 0.3 is 0 Å². The second-order valence-corrected chi connectivity index (χ2v) is 12.2. The number of nitrogens with zero attached hydrogens (tertiary/aromatic N) is 1. The van der Waals surface area contributed by atoms with E-state index in [1.54, 1.807) is 6.07 Å². The Morgan fingerprint density at radius 2 is 2.00 bits per heavy atom. The number of carbonyl (C=O) groups is 1. The van der Waals surface area contributed by atoms with Gasteiger partial charge in [-0.25, -0.2) is 14.0 Å². The monoisotopic (exact) mass is 475 g/mol. The van der Waals surface area contributed by atoms with Gasteiger partial charge < -0.3 is 14.2 Å². The Kier molecular flexibility index (Phi) is 5.13. The highest BCUT2D eigenvalue weighted by Gasteiger charge is 2.54. The summed E-state index contributed by atoms with van der Waals surface area (Å²) in [6.07, 6.45) is 3.83. The average Bonchev–Trinajstić information content (AvgIpc) is 3.28. The van der Waals surface area contributed by atoms with Crippen LogP contribution in [-0.2, 0) is 9.73 Å². The largest absolute Gasteiger partial charge is 0.441 e. The molecule has 2 saturated carbocycles. The Balaban J connectivity index is 1.14. The van der Waals surface area contributed by atoms with Crippen LogP contribution in [0.15, 0.2) is 44.3 Å². The molecule has 2 heterocycles. The molecule has 0 radical (unpaired) electrons. The molecule has 0 saturated heterocycles. The highest BCUT2D eigenvalue weighted by Crippen LogP contribution is 2.61. The first-order chi connectivity index (χ1) is 15.1. The molecule has 5 rings (SSSR count). The fourth-order valence-electron chi connectivity index (χ4n) is 5.10. The third-order valence-corrected chi connectivity index (χ3v) is 8.71. The molecule has 0 aliphatic heterocycles. The molecule has 170 valence electrons. The van der Waals surface area contributed by atoms with E-state index in [0.717, 1.165) is 42.7 Å². The summed E-state index contributed by atoms with van der Waals surface area (Å²) < 4.78 is 31.9. The maximum absolute atomic E-state index is 12.5. The lowest BCUT2D eigenvalue weighted by atomic mass is 9.50. The molecule has 2 aromatic heterocycles. The van der Waals surface area contributed by atoms with Crippen LogP contribution >= 0.6 is 11.6 Å². The number of benzene rings is 1. The quantitative estimate of drug-likeness (QED) is 0.482. The summed E-state index contributed by atoms with van der Waals surface area (Å²) in [4.78, 5) is 17.1. The van der Waals surface area contributed by atoms with Crippen molar-refractivity contribution in [3.63, 3.8) is 0 Å². The van der Waals surface area contributed by atoms with Crippen LogP contribution in [0.4, 0.5) is 0 Å². The minimum atomic E-state index is -3.02. The van der Waals surface area contributed by atoms with E-state index in [4.69, 9.17) is 25.2 Å². The summed E-state index contributed by atoms with van der Waals surface area (Å²) in [5.74, 6) is 1.18. The number of carbonyl (C=O) groups excluding carboxylic acids is 1. The SMILES string of the molecule is CC(C)CS(=N)(=O)c1ccc(C(=O)NC2CC3(C2)CC(c2nc4cc(Cl)ccc4o2)C3)o1. The van der Waals surface area contributed by atoms with E-state index in [-0.39, 0.29) is 39.9 Å². The Morgan fingerprint density at radius 3 is 2.72 bits per heavy atom. The Bertz CT molecular complexity index is 1280.